The first kappa shape index (κ1) is 28.6. The fourth-order valence-electron chi connectivity index (χ4n) is 4.61. The first-order chi connectivity index (χ1) is 16.8. The van der Waals surface area contributed by atoms with Gasteiger partial charge in [0.05, 0.1) is 18.8 Å². The van der Waals surface area contributed by atoms with Gasteiger partial charge in [-0.05, 0) is 53.9 Å². The summed E-state index contributed by atoms with van der Waals surface area (Å²) in [5, 5.41) is 0. The summed E-state index contributed by atoms with van der Waals surface area (Å²) in [6.45, 7) is 12.6. The van der Waals surface area contributed by atoms with Crippen LogP contribution < -0.4 is 0 Å². The van der Waals surface area contributed by atoms with Gasteiger partial charge in [0.25, 0.3) is 0 Å². The van der Waals surface area contributed by atoms with Crippen LogP contribution >= 0.6 is 0 Å². The van der Waals surface area contributed by atoms with Crippen molar-refractivity contribution in [3.05, 3.63) is 76.3 Å². The molecule has 0 heterocycles. The lowest BCUT2D eigenvalue weighted by Crippen LogP contribution is -2.40. The summed E-state index contributed by atoms with van der Waals surface area (Å²) in [6.07, 6.45) is 9.02. The van der Waals surface area contributed by atoms with Crippen LogP contribution in [0.2, 0.25) is 0 Å². The van der Waals surface area contributed by atoms with Crippen LogP contribution in [0.1, 0.15) is 69.8 Å². The highest BCUT2D eigenvalue weighted by Gasteiger charge is 2.41. The molecule has 0 saturated carbocycles. The van der Waals surface area contributed by atoms with Gasteiger partial charge in [-0.15, -0.1) is 0 Å². The van der Waals surface area contributed by atoms with E-state index in [1.165, 1.54) is 5.56 Å². The van der Waals surface area contributed by atoms with E-state index in [-0.39, 0.29) is 30.0 Å². The van der Waals surface area contributed by atoms with E-state index in [2.05, 4.69) is 52.5 Å². The molecule has 1 unspecified atom stereocenters. The Kier molecular flexibility index (Phi) is 11.0. The Morgan fingerprint density at radius 3 is 2.14 bits per heavy atom. The molecule has 1 aliphatic rings. The van der Waals surface area contributed by atoms with Crippen molar-refractivity contribution in [1.29, 1.82) is 0 Å². The first-order valence-electron chi connectivity index (χ1n) is 12.5. The molecule has 0 aromatic heterocycles. The summed E-state index contributed by atoms with van der Waals surface area (Å²) >= 11 is 0. The Hall–Kier alpha value is -2.59. The number of hydrogen-bond donors (Lipinski definition) is 0. The predicted octanol–water partition coefficient (Wildman–Crippen LogP) is 6.55. The van der Waals surface area contributed by atoms with Crippen LogP contribution in [-0.2, 0) is 24.4 Å². The van der Waals surface area contributed by atoms with Crippen molar-refractivity contribution in [2.24, 2.45) is 5.41 Å². The number of carbonyl (C=O) groups is 1. The van der Waals surface area contributed by atoms with Crippen molar-refractivity contribution in [2.45, 2.75) is 59.3 Å². The second kappa shape index (κ2) is 13.5. The minimum absolute atomic E-state index is 0.0384. The van der Waals surface area contributed by atoms with Gasteiger partial charge in [-0.25, -0.2) is 4.79 Å². The summed E-state index contributed by atoms with van der Waals surface area (Å²) in [6, 6.07) is 7.90. The zero-order chi connectivity index (χ0) is 25.9. The molecule has 5 nitrogen and oxygen atoms in total. The Morgan fingerprint density at radius 2 is 1.57 bits per heavy atom. The molecule has 0 bridgehead atoms. The van der Waals surface area contributed by atoms with Crippen LogP contribution in [0.3, 0.4) is 0 Å². The summed E-state index contributed by atoms with van der Waals surface area (Å²) in [7, 11) is 3.27. The molecule has 1 atom stereocenters. The molecule has 1 aromatic carbocycles. The minimum atomic E-state index is -0.355. The number of benzene rings is 1. The fraction of sp³-hybridized carbons (Fsp3) is 0.533. The third-order valence-corrected chi connectivity index (χ3v) is 7.68. The second-order valence-electron chi connectivity index (χ2n) is 9.41. The van der Waals surface area contributed by atoms with E-state index < -0.39 is 0 Å². The first-order valence-corrected chi connectivity index (χ1v) is 12.5. The van der Waals surface area contributed by atoms with Crippen molar-refractivity contribution in [3.63, 3.8) is 0 Å². The van der Waals surface area contributed by atoms with Gasteiger partial charge in [-0.2, -0.15) is 0 Å². The number of rotatable bonds is 14. The van der Waals surface area contributed by atoms with E-state index in [1.807, 2.05) is 30.4 Å². The highest BCUT2D eigenvalue weighted by atomic mass is 16.6. The lowest BCUT2D eigenvalue weighted by Gasteiger charge is -2.46. The van der Waals surface area contributed by atoms with Gasteiger partial charge >= 0.3 is 5.97 Å². The third-order valence-electron chi connectivity index (χ3n) is 7.68. The van der Waals surface area contributed by atoms with Crippen molar-refractivity contribution < 1.29 is 23.7 Å². The lowest BCUT2D eigenvalue weighted by molar-refractivity contribution is 0.0402. The average Bonchev–Trinajstić information content (AvgIpc) is 3.07. The van der Waals surface area contributed by atoms with Gasteiger partial charge in [-0.1, -0.05) is 64.6 Å². The molecular weight excluding hydrogens is 440 g/mol. The van der Waals surface area contributed by atoms with Gasteiger partial charge in [-0.3, -0.25) is 0 Å². The molecule has 0 N–H and O–H groups in total. The molecule has 0 radical (unpaired) electrons. The van der Waals surface area contributed by atoms with Crippen LogP contribution in [0.5, 0.6) is 0 Å². The van der Waals surface area contributed by atoms with E-state index >= 15 is 0 Å². The van der Waals surface area contributed by atoms with Crippen LogP contribution in [-0.4, -0.2) is 46.6 Å². The second-order valence-corrected chi connectivity index (χ2v) is 9.41. The maximum Gasteiger partial charge on any atom is 0.338 e. The van der Waals surface area contributed by atoms with Crippen LogP contribution in [0.25, 0.3) is 0 Å². The Labute approximate surface area is 211 Å². The Bertz CT molecular complexity index is 959. The molecule has 5 heteroatoms. The van der Waals surface area contributed by atoms with Gasteiger partial charge in [0, 0.05) is 25.4 Å². The molecular formula is C30H42O5. The summed E-state index contributed by atoms with van der Waals surface area (Å²) in [5.74, 6) is 0.213. The van der Waals surface area contributed by atoms with Crippen LogP contribution in [0, 0.1) is 5.41 Å². The molecule has 192 valence electrons. The van der Waals surface area contributed by atoms with E-state index in [0.29, 0.717) is 24.5 Å². The highest BCUT2D eigenvalue weighted by molar-refractivity contribution is 5.89. The van der Waals surface area contributed by atoms with Crippen LogP contribution in [0.4, 0.5) is 0 Å². The average molecular weight is 483 g/mol. The Balaban J connectivity index is 2.02. The summed E-state index contributed by atoms with van der Waals surface area (Å²) in [5.41, 5.74) is 6.99. The summed E-state index contributed by atoms with van der Waals surface area (Å²) in [4.78, 5) is 12.6. The molecule has 0 saturated heterocycles. The highest BCUT2D eigenvalue weighted by Crippen LogP contribution is 2.48. The van der Waals surface area contributed by atoms with E-state index in [4.69, 9.17) is 18.9 Å². The van der Waals surface area contributed by atoms with Crippen molar-refractivity contribution in [3.8, 4) is 0 Å². The molecule has 35 heavy (non-hydrogen) atoms. The normalized spacial score (nSPS) is 15.5. The standard InChI is InChI=1S/C30H42O5/c1-8-29(4,9-2)30(5,10-3)26-16-14-24(15-17-26)28(31)35-19-18-34-27-20-23(21-32-6)12-11-13-25(27)22-33-7/h11-17H,8-10,18-19,21-22H2,1-7H3. The van der Waals surface area contributed by atoms with Gasteiger partial charge in [0.1, 0.15) is 13.2 Å². The lowest BCUT2D eigenvalue weighted by atomic mass is 9.58. The smallest absolute Gasteiger partial charge is 0.338 e. The monoisotopic (exact) mass is 482 g/mol. The molecule has 2 rings (SSSR count). The van der Waals surface area contributed by atoms with E-state index in [9.17, 15) is 4.79 Å². The zero-order valence-electron chi connectivity index (χ0n) is 22.5. The number of carbonyl (C=O) groups excluding carboxylic acids is 1. The number of allylic oxidation sites excluding steroid dienone is 2. The number of methoxy groups -OCH3 is 2. The van der Waals surface area contributed by atoms with Gasteiger partial charge < -0.3 is 18.9 Å². The van der Waals surface area contributed by atoms with Crippen molar-refractivity contribution in [1.82, 2.24) is 0 Å². The number of ether oxygens (including phenoxy) is 4. The molecule has 0 fully saturated rings. The number of hydrogen-bond acceptors (Lipinski definition) is 5. The fourth-order valence-corrected chi connectivity index (χ4v) is 4.61. The zero-order valence-corrected chi connectivity index (χ0v) is 22.5. The quantitative estimate of drug-likeness (QED) is 0.171. The Morgan fingerprint density at radius 1 is 0.914 bits per heavy atom. The molecule has 1 aliphatic carbocycles. The minimum Gasteiger partial charge on any atom is -0.482 e. The van der Waals surface area contributed by atoms with Crippen molar-refractivity contribution in [2.75, 3.05) is 40.6 Å². The molecule has 0 amide bonds. The van der Waals surface area contributed by atoms with Crippen molar-refractivity contribution >= 4 is 5.97 Å². The van der Waals surface area contributed by atoms with Gasteiger partial charge in [0.2, 0.25) is 0 Å². The predicted molar refractivity (Wildman–Crippen MR) is 141 cm³/mol. The maximum atomic E-state index is 12.6. The van der Waals surface area contributed by atoms with Crippen LogP contribution in [0.15, 0.2) is 65.1 Å². The SMILES string of the molecule is CCC(C)(CC)C(C)(CC)c1ccc(C(=O)OCCOC2=C=C(COC)C=CC=C2COC)cc1. The summed E-state index contributed by atoms with van der Waals surface area (Å²) < 4.78 is 21.9. The van der Waals surface area contributed by atoms with E-state index in [1.54, 1.807) is 14.2 Å². The third kappa shape index (κ3) is 6.98. The van der Waals surface area contributed by atoms with Gasteiger partial charge in [0.15, 0.2) is 5.76 Å². The number of esters is 1. The molecule has 0 spiro atoms. The van der Waals surface area contributed by atoms with E-state index in [0.717, 1.165) is 30.4 Å². The molecule has 1 aromatic rings. The topological polar surface area (TPSA) is 54.0 Å². The maximum absolute atomic E-state index is 12.6. The largest absolute Gasteiger partial charge is 0.482 e. The molecule has 0 aliphatic heterocycles.